The van der Waals surface area contributed by atoms with Crippen molar-refractivity contribution in [3.05, 3.63) is 54.2 Å². The van der Waals surface area contributed by atoms with Gasteiger partial charge in [0.2, 0.25) is 5.75 Å². The fourth-order valence-corrected chi connectivity index (χ4v) is 4.43. The highest BCUT2D eigenvalue weighted by atomic mass is 16.6. The van der Waals surface area contributed by atoms with Gasteiger partial charge in [0.25, 0.3) is 0 Å². The molecule has 1 fully saturated rings. The smallest absolute Gasteiger partial charge is 0.204 e. The quantitative estimate of drug-likeness (QED) is 0.432. The summed E-state index contributed by atoms with van der Waals surface area (Å²) in [6.45, 7) is 2.74. The van der Waals surface area contributed by atoms with Crippen LogP contribution in [-0.2, 0) is 18.3 Å². The van der Waals surface area contributed by atoms with Crippen molar-refractivity contribution in [3.63, 3.8) is 0 Å². The van der Waals surface area contributed by atoms with Gasteiger partial charge in [0.1, 0.15) is 12.1 Å². The number of aromatic nitrogens is 5. The third-order valence-corrected chi connectivity index (χ3v) is 6.39. The lowest BCUT2D eigenvalue weighted by molar-refractivity contribution is 0.0787. The maximum absolute atomic E-state index is 6.23. The van der Waals surface area contributed by atoms with Crippen molar-refractivity contribution < 1.29 is 18.9 Å². The molecule has 0 bridgehead atoms. The van der Waals surface area contributed by atoms with Gasteiger partial charge in [0.15, 0.2) is 23.3 Å². The first-order valence-corrected chi connectivity index (χ1v) is 11.2. The van der Waals surface area contributed by atoms with E-state index in [1.54, 1.807) is 25.1 Å². The number of pyridine rings is 1. The van der Waals surface area contributed by atoms with Gasteiger partial charge in [-0.2, -0.15) is 5.10 Å². The Morgan fingerprint density at radius 1 is 1.12 bits per heavy atom. The van der Waals surface area contributed by atoms with E-state index in [1.807, 2.05) is 42.5 Å². The molecule has 0 aliphatic carbocycles. The second-order valence-corrected chi connectivity index (χ2v) is 8.66. The Balaban J connectivity index is 1.24. The number of benzene rings is 1. The maximum atomic E-state index is 6.23. The first-order chi connectivity index (χ1) is 16.6. The van der Waals surface area contributed by atoms with Crippen molar-refractivity contribution in [1.82, 2.24) is 24.3 Å². The van der Waals surface area contributed by atoms with Crippen molar-refractivity contribution in [2.45, 2.75) is 18.8 Å². The van der Waals surface area contributed by atoms with Gasteiger partial charge >= 0.3 is 0 Å². The van der Waals surface area contributed by atoms with E-state index in [0.29, 0.717) is 30.4 Å². The summed E-state index contributed by atoms with van der Waals surface area (Å²) >= 11 is 0. The molecule has 5 heterocycles. The van der Waals surface area contributed by atoms with Gasteiger partial charge in [-0.3, -0.25) is 4.68 Å². The van der Waals surface area contributed by atoms with Crippen molar-refractivity contribution >= 4 is 16.9 Å². The summed E-state index contributed by atoms with van der Waals surface area (Å²) in [5.74, 6) is 1.90. The summed E-state index contributed by atoms with van der Waals surface area (Å²) in [6, 6.07) is 6.04. The lowest BCUT2D eigenvalue weighted by Gasteiger charge is -2.39. The molecule has 1 unspecified atom stereocenters. The van der Waals surface area contributed by atoms with Crippen molar-refractivity contribution in [3.8, 4) is 17.2 Å². The molecular formula is C24H26N6O4. The zero-order chi connectivity index (χ0) is 23.2. The van der Waals surface area contributed by atoms with Crippen LogP contribution in [0.25, 0.3) is 11.2 Å². The normalized spacial score (nSPS) is 17.7. The molecule has 0 amide bonds. The maximum Gasteiger partial charge on any atom is 0.204 e. The van der Waals surface area contributed by atoms with E-state index in [-0.39, 0.29) is 12.2 Å². The zero-order valence-corrected chi connectivity index (χ0v) is 19.3. The SMILES string of the molecule is COc1cc(Cn2cnc3cc(N4CC(OC)C4)cnc32)cc2c1OC(c1cnn(C)c1)CO2. The molecule has 1 saturated heterocycles. The minimum atomic E-state index is -0.234. The number of fused-ring (bicyclic) bond motifs is 2. The molecule has 3 aromatic heterocycles. The van der Waals surface area contributed by atoms with E-state index in [9.17, 15) is 0 Å². The summed E-state index contributed by atoms with van der Waals surface area (Å²) in [7, 11) is 5.26. The fraction of sp³-hybridized carbons (Fsp3) is 0.375. The molecular weight excluding hydrogens is 436 g/mol. The summed E-state index contributed by atoms with van der Waals surface area (Å²) in [4.78, 5) is 11.5. The molecule has 2 aliphatic heterocycles. The standard InChI is InChI=1S/C24H26N6O4/c1-28-10-16(7-27-28)22-13-33-21-5-15(4-20(32-3)23(21)34-22)9-30-14-26-19-6-17(8-25-24(19)30)29-11-18(12-29)31-2/h4-8,10,14,18,22H,9,11-13H2,1-3H3. The predicted octanol–water partition coefficient (Wildman–Crippen LogP) is 2.57. The Bertz CT molecular complexity index is 1330. The van der Waals surface area contributed by atoms with Crippen LogP contribution in [0.5, 0.6) is 17.2 Å². The first kappa shape index (κ1) is 20.8. The Morgan fingerprint density at radius 2 is 2.00 bits per heavy atom. The van der Waals surface area contributed by atoms with Crippen LogP contribution in [0.15, 0.2) is 43.1 Å². The van der Waals surface area contributed by atoms with E-state index >= 15 is 0 Å². The number of imidazole rings is 1. The number of hydrogen-bond acceptors (Lipinski definition) is 8. The minimum absolute atomic E-state index is 0.234. The van der Waals surface area contributed by atoms with E-state index in [2.05, 4.69) is 26.0 Å². The highest BCUT2D eigenvalue weighted by Gasteiger charge is 2.28. The number of aryl methyl sites for hydroxylation is 1. The van der Waals surface area contributed by atoms with Gasteiger partial charge in [0, 0.05) is 39.0 Å². The van der Waals surface area contributed by atoms with Crippen molar-refractivity contribution in [1.29, 1.82) is 0 Å². The Morgan fingerprint density at radius 3 is 2.76 bits per heavy atom. The molecule has 1 atom stereocenters. The molecule has 1 aromatic carbocycles. The van der Waals surface area contributed by atoms with Crippen LogP contribution in [0.3, 0.4) is 0 Å². The van der Waals surface area contributed by atoms with Gasteiger partial charge in [-0.15, -0.1) is 0 Å². The summed E-state index contributed by atoms with van der Waals surface area (Å²) in [5.41, 5.74) is 4.73. The average molecular weight is 463 g/mol. The summed E-state index contributed by atoms with van der Waals surface area (Å²) in [5, 5.41) is 4.23. The van der Waals surface area contributed by atoms with Crippen LogP contribution >= 0.6 is 0 Å². The summed E-state index contributed by atoms with van der Waals surface area (Å²) in [6.07, 6.45) is 7.49. The second-order valence-electron chi connectivity index (χ2n) is 8.66. The van der Waals surface area contributed by atoms with Gasteiger partial charge in [-0.05, 0) is 23.8 Å². The van der Waals surface area contributed by atoms with Crippen LogP contribution in [0, 0.1) is 0 Å². The molecule has 176 valence electrons. The molecule has 10 nitrogen and oxygen atoms in total. The van der Waals surface area contributed by atoms with Crippen molar-refractivity contribution in [2.24, 2.45) is 7.05 Å². The van der Waals surface area contributed by atoms with Crippen LogP contribution in [0.2, 0.25) is 0 Å². The molecule has 0 radical (unpaired) electrons. The van der Waals surface area contributed by atoms with E-state index < -0.39 is 0 Å². The number of rotatable bonds is 6. The monoisotopic (exact) mass is 462 g/mol. The summed E-state index contributed by atoms with van der Waals surface area (Å²) < 4.78 is 27.1. The third-order valence-electron chi connectivity index (χ3n) is 6.39. The lowest BCUT2D eigenvalue weighted by Crippen LogP contribution is -2.51. The van der Waals surface area contributed by atoms with Crippen LogP contribution in [0.4, 0.5) is 5.69 Å². The number of nitrogens with zero attached hydrogens (tertiary/aromatic N) is 6. The third kappa shape index (κ3) is 3.60. The number of ether oxygens (including phenoxy) is 4. The average Bonchev–Trinajstić information content (AvgIpc) is 3.43. The van der Waals surface area contributed by atoms with Gasteiger partial charge in [0.05, 0.1) is 44.2 Å². The van der Waals surface area contributed by atoms with Crippen molar-refractivity contribution in [2.75, 3.05) is 38.8 Å². The Hall–Kier alpha value is -3.79. The molecule has 0 spiro atoms. The van der Waals surface area contributed by atoms with E-state index in [4.69, 9.17) is 18.9 Å². The largest absolute Gasteiger partial charge is 0.493 e. The molecule has 10 heteroatoms. The van der Waals surface area contributed by atoms with Gasteiger partial charge in [-0.1, -0.05) is 0 Å². The molecule has 4 aromatic rings. The lowest BCUT2D eigenvalue weighted by atomic mass is 10.1. The van der Waals surface area contributed by atoms with E-state index in [1.165, 1.54) is 0 Å². The highest BCUT2D eigenvalue weighted by molar-refractivity contribution is 5.75. The molecule has 6 rings (SSSR count). The Kier molecular flexibility index (Phi) is 5.02. The topological polar surface area (TPSA) is 88.7 Å². The minimum Gasteiger partial charge on any atom is -0.493 e. The highest BCUT2D eigenvalue weighted by Crippen LogP contribution is 2.44. The second kappa shape index (κ2) is 8.21. The first-order valence-electron chi connectivity index (χ1n) is 11.2. The van der Waals surface area contributed by atoms with Gasteiger partial charge in [-0.25, -0.2) is 9.97 Å². The molecule has 0 N–H and O–H groups in total. The van der Waals surface area contributed by atoms with Crippen LogP contribution in [0.1, 0.15) is 17.2 Å². The fourth-order valence-electron chi connectivity index (χ4n) is 4.43. The zero-order valence-electron chi connectivity index (χ0n) is 19.3. The van der Waals surface area contributed by atoms with Gasteiger partial charge < -0.3 is 28.4 Å². The molecule has 34 heavy (non-hydrogen) atoms. The predicted molar refractivity (Wildman–Crippen MR) is 125 cm³/mol. The molecule has 0 saturated carbocycles. The number of hydrogen-bond donors (Lipinski definition) is 0. The van der Waals surface area contributed by atoms with Crippen LogP contribution < -0.4 is 19.1 Å². The molecule has 2 aliphatic rings. The Labute approximate surface area is 196 Å². The van der Waals surface area contributed by atoms with Crippen LogP contribution in [-0.4, -0.2) is 64.3 Å². The number of methoxy groups -OCH3 is 2. The number of anilines is 1. The van der Waals surface area contributed by atoms with E-state index in [0.717, 1.165) is 41.1 Å².